The lowest BCUT2D eigenvalue weighted by atomic mass is 10.1. The lowest BCUT2D eigenvalue weighted by molar-refractivity contribution is -0.928. The lowest BCUT2D eigenvalue weighted by Gasteiger charge is -2.32. The molecule has 2 aromatic rings. The van der Waals surface area contributed by atoms with Crippen molar-refractivity contribution in [1.29, 1.82) is 0 Å². The van der Waals surface area contributed by atoms with Gasteiger partial charge in [0.15, 0.2) is 0 Å². The van der Waals surface area contributed by atoms with Gasteiger partial charge in [-0.25, -0.2) is 0 Å². The number of amides is 1. The molecule has 0 spiro atoms. The summed E-state index contributed by atoms with van der Waals surface area (Å²) in [4.78, 5) is 13.8. The Bertz CT molecular complexity index is 660. The molecule has 0 radical (unpaired) electrons. The van der Waals surface area contributed by atoms with E-state index in [1.54, 1.807) is 0 Å². The number of rotatable bonds is 4. The zero-order valence-corrected chi connectivity index (χ0v) is 14.3. The number of para-hydroxylation sites is 1. The number of anilines is 1. The molecule has 1 aliphatic rings. The number of carbonyl (C=O) groups is 1. The molecule has 1 fully saturated rings. The van der Waals surface area contributed by atoms with Gasteiger partial charge in [-0.15, -0.1) is 0 Å². The fourth-order valence-corrected chi connectivity index (χ4v) is 3.32. The first kappa shape index (κ1) is 16.7. The summed E-state index contributed by atoms with van der Waals surface area (Å²) in [5, 5.41) is 2.91. The zero-order valence-electron chi connectivity index (χ0n) is 14.3. The summed E-state index contributed by atoms with van der Waals surface area (Å²) >= 11 is 0. The van der Waals surface area contributed by atoms with Crippen molar-refractivity contribution in [2.75, 3.05) is 18.4 Å². The number of nitrogens with one attached hydrogen (secondary N) is 2. The first-order valence-electron chi connectivity index (χ1n) is 8.54. The van der Waals surface area contributed by atoms with E-state index in [0.29, 0.717) is 17.8 Å². The van der Waals surface area contributed by atoms with Crippen molar-refractivity contribution < 1.29 is 14.4 Å². The molecule has 24 heavy (non-hydrogen) atoms. The van der Waals surface area contributed by atoms with Gasteiger partial charge in [0.2, 0.25) is 0 Å². The largest absolute Gasteiger partial charge is 0.364 e. The van der Waals surface area contributed by atoms with E-state index in [9.17, 15) is 4.79 Å². The Morgan fingerprint density at radius 3 is 2.29 bits per heavy atom. The predicted molar refractivity (Wildman–Crippen MR) is 95.2 cm³/mol. The maximum Gasteiger partial charge on any atom is 0.255 e. The van der Waals surface area contributed by atoms with Gasteiger partial charge in [-0.3, -0.25) is 4.79 Å². The van der Waals surface area contributed by atoms with Crippen molar-refractivity contribution in [3.8, 4) is 0 Å². The highest BCUT2D eigenvalue weighted by Crippen LogP contribution is 2.10. The SMILES string of the molecule is C[C@@H]1C[NH+](Cc2ccc(C(=O)Nc3ccccc3)cc2)C[C@H](C)O1. The Morgan fingerprint density at radius 2 is 1.67 bits per heavy atom. The zero-order chi connectivity index (χ0) is 16.9. The molecule has 0 aromatic heterocycles. The van der Waals surface area contributed by atoms with Crippen LogP contribution in [0.15, 0.2) is 54.6 Å². The number of morpholine rings is 1. The minimum absolute atomic E-state index is 0.0753. The molecule has 0 saturated carbocycles. The van der Waals surface area contributed by atoms with Crippen molar-refractivity contribution in [2.24, 2.45) is 0 Å². The number of benzene rings is 2. The molecule has 0 bridgehead atoms. The van der Waals surface area contributed by atoms with Gasteiger partial charge in [0.1, 0.15) is 31.8 Å². The Hall–Kier alpha value is -2.17. The second kappa shape index (κ2) is 7.60. The van der Waals surface area contributed by atoms with Crippen LogP contribution in [-0.4, -0.2) is 31.2 Å². The predicted octanol–water partition coefficient (Wildman–Crippen LogP) is 2.13. The average molecular weight is 325 g/mol. The van der Waals surface area contributed by atoms with Gasteiger partial charge in [0.05, 0.1) is 0 Å². The first-order valence-corrected chi connectivity index (χ1v) is 8.54. The smallest absolute Gasteiger partial charge is 0.255 e. The molecular formula is C20H25N2O2+. The number of carbonyl (C=O) groups excluding carboxylic acids is 1. The van der Waals surface area contributed by atoms with Crippen LogP contribution in [0, 0.1) is 0 Å². The van der Waals surface area contributed by atoms with Crippen molar-refractivity contribution >= 4 is 11.6 Å². The minimum Gasteiger partial charge on any atom is -0.364 e. The van der Waals surface area contributed by atoms with E-state index in [0.717, 1.165) is 25.3 Å². The van der Waals surface area contributed by atoms with Gasteiger partial charge >= 0.3 is 0 Å². The van der Waals surface area contributed by atoms with Gasteiger partial charge in [0.25, 0.3) is 5.91 Å². The lowest BCUT2D eigenvalue weighted by Crippen LogP contribution is -3.14. The molecule has 1 amide bonds. The molecule has 0 aliphatic carbocycles. The van der Waals surface area contributed by atoms with Gasteiger partial charge < -0.3 is 15.0 Å². The standard InChI is InChI=1S/C20H24N2O2/c1-15-12-22(13-16(2)24-15)14-17-8-10-18(11-9-17)20(23)21-19-6-4-3-5-7-19/h3-11,15-16H,12-14H2,1-2H3,(H,21,23)/p+1/t15-,16+. The van der Waals surface area contributed by atoms with Crippen LogP contribution in [-0.2, 0) is 11.3 Å². The summed E-state index contributed by atoms with van der Waals surface area (Å²) in [6, 6.07) is 17.4. The summed E-state index contributed by atoms with van der Waals surface area (Å²) < 4.78 is 5.79. The van der Waals surface area contributed by atoms with Crippen LogP contribution in [0.4, 0.5) is 5.69 Å². The van der Waals surface area contributed by atoms with Crippen molar-refractivity contribution in [2.45, 2.75) is 32.6 Å². The van der Waals surface area contributed by atoms with Crippen LogP contribution in [0.2, 0.25) is 0 Å². The highest BCUT2D eigenvalue weighted by molar-refractivity contribution is 6.04. The van der Waals surface area contributed by atoms with Crippen LogP contribution < -0.4 is 10.2 Å². The van der Waals surface area contributed by atoms with E-state index < -0.39 is 0 Å². The second-order valence-electron chi connectivity index (χ2n) is 6.61. The monoisotopic (exact) mass is 325 g/mol. The van der Waals surface area contributed by atoms with E-state index in [1.807, 2.05) is 42.5 Å². The van der Waals surface area contributed by atoms with Crippen LogP contribution in [0.5, 0.6) is 0 Å². The fourth-order valence-electron chi connectivity index (χ4n) is 3.32. The van der Waals surface area contributed by atoms with Crippen molar-refractivity contribution in [1.82, 2.24) is 0 Å². The van der Waals surface area contributed by atoms with E-state index in [4.69, 9.17) is 4.74 Å². The topological polar surface area (TPSA) is 42.8 Å². The molecule has 126 valence electrons. The van der Waals surface area contributed by atoms with E-state index in [2.05, 4.69) is 31.3 Å². The summed E-state index contributed by atoms with van der Waals surface area (Å²) in [5.74, 6) is -0.0753. The number of ether oxygens (including phenoxy) is 1. The van der Waals surface area contributed by atoms with Crippen LogP contribution in [0.25, 0.3) is 0 Å². The minimum atomic E-state index is -0.0753. The van der Waals surface area contributed by atoms with Gasteiger partial charge in [0, 0.05) is 16.8 Å². The summed E-state index contributed by atoms with van der Waals surface area (Å²) in [6.45, 7) is 7.29. The van der Waals surface area contributed by atoms with Crippen LogP contribution >= 0.6 is 0 Å². The Morgan fingerprint density at radius 1 is 1.04 bits per heavy atom. The van der Waals surface area contributed by atoms with Gasteiger partial charge in [-0.05, 0) is 38.1 Å². The van der Waals surface area contributed by atoms with E-state index >= 15 is 0 Å². The normalized spacial score (nSPS) is 23.7. The Kier molecular flexibility index (Phi) is 5.28. The summed E-state index contributed by atoms with van der Waals surface area (Å²) in [6.07, 6.45) is 0.611. The van der Waals surface area contributed by atoms with E-state index in [1.165, 1.54) is 10.5 Å². The maximum absolute atomic E-state index is 12.3. The Balaban J connectivity index is 1.60. The van der Waals surface area contributed by atoms with E-state index in [-0.39, 0.29) is 5.91 Å². The average Bonchev–Trinajstić information content (AvgIpc) is 2.55. The second-order valence-corrected chi connectivity index (χ2v) is 6.61. The summed E-state index contributed by atoms with van der Waals surface area (Å²) in [7, 11) is 0. The molecule has 3 rings (SSSR count). The molecule has 2 aromatic carbocycles. The molecule has 1 saturated heterocycles. The Labute approximate surface area is 143 Å². The van der Waals surface area contributed by atoms with Crippen LogP contribution in [0.3, 0.4) is 0 Å². The molecule has 2 N–H and O–H groups in total. The molecule has 4 heteroatoms. The first-order chi connectivity index (χ1) is 11.6. The third-order valence-corrected chi connectivity index (χ3v) is 4.32. The third-order valence-electron chi connectivity index (χ3n) is 4.32. The summed E-state index contributed by atoms with van der Waals surface area (Å²) in [5.41, 5.74) is 2.75. The number of hydrogen-bond acceptors (Lipinski definition) is 2. The number of hydrogen-bond donors (Lipinski definition) is 2. The van der Waals surface area contributed by atoms with Crippen molar-refractivity contribution in [3.63, 3.8) is 0 Å². The molecule has 1 aliphatic heterocycles. The number of quaternary nitrogens is 1. The highest BCUT2D eigenvalue weighted by atomic mass is 16.5. The fraction of sp³-hybridized carbons (Fsp3) is 0.350. The van der Waals surface area contributed by atoms with Crippen molar-refractivity contribution in [3.05, 3.63) is 65.7 Å². The third kappa shape index (κ3) is 4.43. The maximum atomic E-state index is 12.3. The van der Waals surface area contributed by atoms with Crippen LogP contribution in [0.1, 0.15) is 29.8 Å². The molecular weight excluding hydrogens is 300 g/mol. The molecule has 1 unspecified atom stereocenters. The van der Waals surface area contributed by atoms with Gasteiger partial charge in [-0.2, -0.15) is 0 Å². The molecule has 1 heterocycles. The van der Waals surface area contributed by atoms with Gasteiger partial charge in [-0.1, -0.05) is 30.3 Å². The molecule has 4 nitrogen and oxygen atoms in total. The quantitative estimate of drug-likeness (QED) is 0.904. The highest BCUT2D eigenvalue weighted by Gasteiger charge is 2.25. The molecule has 3 atom stereocenters.